The number of benzene rings is 1. The average Bonchev–Trinajstić information content (AvgIpc) is 3.43. The van der Waals surface area contributed by atoms with E-state index in [0.717, 1.165) is 50.4 Å². The summed E-state index contributed by atoms with van der Waals surface area (Å²) in [5, 5.41) is 2.78. The van der Waals surface area contributed by atoms with Gasteiger partial charge in [-0.05, 0) is 55.9 Å². The van der Waals surface area contributed by atoms with E-state index in [-0.39, 0.29) is 30.9 Å². The summed E-state index contributed by atoms with van der Waals surface area (Å²) in [6, 6.07) is 8.05. The highest BCUT2D eigenvalue weighted by Gasteiger charge is 2.39. The molecule has 2 heterocycles. The van der Waals surface area contributed by atoms with Crippen molar-refractivity contribution in [1.29, 1.82) is 0 Å². The van der Waals surface area contributed by atoms with E-state index < -0.39 is 11.9 Å². The quantitative estimate of drug-likeness (QED) is 0.706. The van der Waals surface area contributed by atoms with E-state index in [9.17, 15) is 14.4 Å². The lowest BCUT2D eigenvalue weighted by Gasteiger charge is -2.32. The van der Waals surface area contributed by atoms with Gasteiger partial charge in [0.25, 0.3) is 5.91 Å². The fraction of sp³-hybridized carbons (Fsp3) is 0.625. The van der Waals surface area contributed by atoms with Crippen LogP contribution in [0.5, 0.6) is 0 Å². The Labute approximate surface area is 184 Å². The van der Waals surface area contributed by atoms with E-state index in [2.05, 4.69) is 17.1 Å². The van der Waals surface area contributed by atoms with Crippen LogP contribution >= 0.6 is 0 Å². The minimum Gasteiger partial charge on any atom is -0.455 e. The van der Waals surface area contributed by atoms with Gasteiger partial charge in [-0.15, -0.1) is 0 Å². The minimum atomic E-state index is -0.465. The molecule has 2 saturated heterocycles. The van der Waals surface area contributed by atoms with Crippen molar-refractivity contribution in [3.05, 3.63) is 24.3 Å². The maximum Gasteiger partial charge on any atom is 0.311 e. The Balaban J connectivity index is 1.21. The first kappa shape index (κ1) is 21.7. The lowest BCUT2D eigenvalue weighted by Crippen LogP contribution is -2.35. The number of hydrogen-bond donors (Lipinski definition) is 1. The first-order valence-corrected chi connectivity index (χ1v) is 11.6. The summed E-state index contributed by atoms with van der Waals surface area (Å²) in [6.45, 7) is 4.49. The number of carbonyl (C=O) groups is 3. The summed E-state index contributed by atoms with van der Waals surface area (Å²) in [4.78, 5) is 41.0. The van der Waals surface area contributed by atoms with Gasteiger partial charge in [0.15, 0.2) is 6.61 Å². The molecule has 1 aliphatic carbocycles. The molecule has 2 aliphatic heterocycles. The van der Waals surface area contributed by atoms with Crippen LogP contribution in [0.2, 0.25) is 0 Å². The highest BCUT2D eigenvalue weighted by molar-refractivity contribution is 5.93. The number of piperidine rings is 1. The van der Waals surface area contributed by atoms with Gasteiger partial charge in [0.1, 0.15) is 0 Å². The Hall–Kier alpha value is -2.57. The number of nitrogens with one attached hydrogen (secondary N) is 1. The Morgan fingerprint density at radius 1 is 1.06 bits per heavy atom. The number of hydrogen-bond acceptors (Lipinski definition) is 5. The second-order valence-electron chi connectivity index (χ2n) is 9.26. The molecule has 1 aromatic carbocycles. The molecule has 0 aromatic heterocycles. The van der Waals surface area contributed by atoms with Crippen LogP contribution < -0.4 is 10.2 Å². The molecule has 1 saturated carbocycles. The van der Waals surface area contributed by atoms with Crippen LogP contribution in [-0.4, -0.2) is 55.0 Å². The standard InChI is InChI=1S/C24H33N3O4/c1-17-10-12-26(13-11-17)20-8-6-19(7-9-20)25-22(28)16-31-24(30)18-14-23(29)27(15-18)21-4-2-3-5-21/h6-9,17-18,21H,2-5,10-16H2,1H3,(H,25,28)/t18-/m0/s1. The molecule has 0 bridgehead atoms. The fourth-order valence-electron chi connectivity index (χ4n) is 4.93. The largest absolute Gasteiger partial charge is 0.455 e. The normalized spacial score (nSPS) is 22.7. The second-order valence-corrected chi connectivity index (χ2v) is 9.26. The highest BCUT2D eigenvalue weighted by Crippen LogP contribution is 2.30. The molecule has 4 rings (SSSR count). The molecule has 3 aliphatic rings. The van der Waals surface area contributed by atoms with Crippen LogP contribution in [0, 0.1) is 11.8 Å². The summed E-state index contributed by atoms with van der Waals surface area (Å²) >= 11 is 0. The van der Waals surface area contributed by atoms with Gasteiger partial charge in [-0.3, -0.25) is 14.4 Å². The summed E-state index contributed by atoms with van der Waals surface area (Å²) in [6.07, 6.45) is 6.92. The first-order chi connectivity index (χ1) is 15.0. The third-order valence-corrected chi connectivity index (χ3v) is 6.90. The number of esters is 1. The Morgan fingerprint density at radius 3 is 2.42 bits per heavy atom. The zero-order chi connectivity index (χ0) is 21.8. The topological polar surface area (TPSA) is 79.0 Å². The first-order valence-electron chi connectivity index (χ1n) is 11.6. The number of ether oxygens (including phenoxy) is 1. The van der Waals surface area contributed by atoms with Crippen molar-refractivity contribution in [3.8, 4) is 0 Å². The molecule has 7 heteroatoms. The van der Waals surface area contributed by atoms with Crippen molar-refractivity contribution >= 4 is 29.2 Å². The third-order valence-electron chi connectivity index (χ3n) is 6.90. The van der Waals surface area contributed by atoms with Crippen LogP contribution in [-0.2, 0) is 19.1 Å². The average molecular weight is 428 g/mol. The van der Waals surface area contributed by atoms with Crippen LogP contribution in [0.15, 0.2) is 24.3 Å². The molecular weight excluding hydrogens is 394 g/mol. The number of rotatable bonds is 6. The lowest BCUT2D eigenvalue weighted by atomic mass is 9.99. The molecule has 0 spiro atoms. The molecule has 168 valence electrons. The van der Waals surface area contributed by atoms with Crippen LogP contribution in [0.25, 0.3) is 0 Å². The number of amides is 2. The summed E-state index contributed by atoms with van der Waals surface area (Å²) in [7, 11) is 0. The fourth-order valence-corrected chi connectivity index (χ4v) is 4.93. The van der Waals surface area contributed by atoms with Gasteiger partial charge in [-0.25, -0.2) is 0 Å². The molecular formula is C24H33N3O4. The Morgan fingerprint density at radius 2 is 1.74 bits per heavy atom. The summed E-state index contributed by atoms with van der Waals surface area (Å²) < 4.78 is 5.21. The van der Waals surface area contributed by atoms with Crippen molar-refractivity contribution in [2.75, 3.05) is 36.5 Å². The molecule has 2 amide bonds. The smallest absolute Gasteiger partial charge is 0.311 e. The van der Waals surface area contributed by atoms with E-state index in [0.29, 0.717) is 12.2 Å². The molecule has 31 heavy (non-hydrogen) atoms. The van der Waals surface area contributed by atoms with Crippen molar-refractivity contribution in [1.82, 2.24) is 4.90 Å². The molecule has 0 radical (unpaired) electrons. The maximum absolute atomic E-state index is 12.4. The molecule has 3 fully saturated rings. The zero-order valence-corrected chi connectivity index (χ0v) is 18.3. The lowest BCUT2D eigenvalue weighted by molar-refractivity contribution is -0.151. The summed E-state index contributed by atoms with van der Waals surface area (Å²) in [5.41, 5.74) is 1.84. The number of carbonyl (C=O) groups excluding carboxylic acids is 3. The molecule has 7 nitrogen and oxygen atoms in total. The molecule has 1 aromatic rings. The third kappa shape index (κ3) is 5.38. The van der Waals surface area contributed by atoms with Crippen LogP contribution in [0.1, 0.15) is 51.9 Å². The van der Waals surface area contributed by atoms with Crippen LogP contribution in [0.4, 0.5) is 11.4 Å². The van der Waals surface area contributed by atoms with E-state index in [1.165, 1.54) is 12.8 Å². The number of likely N-dealkylation sites (tertiary alicyclic amines) is 1. The predicted octanol–water partition coefficient (Wildman–Crippen LogP) is 3.20. The van der Waals surface area contributed by atoms with Gasteiger partial charge >= 0.3 is 5.97 Å². The van der Waals surface area contributed by atoms with E-state index >= 15 is 0 Å². The number of anilines is 2. The summed E-state index contributed by atoms with van der Waals surface area (Å²) in [5.74, 6) is -0.483. The SMILES string of the molecule is CC1CCN(c2ccc(NC(=O)COC(=O)[C@H]3CC(=O)N(C4CCCC4)C3)cc2)CC1. The Bertz CT molecular complexity index is 796. The molecule has 0 unspecified atom stereocenters. The van der Waals surface area contributed by atoms with E-state index in [1.807, 2.05) is 29.2 Å². The molecule has 1 N–H and O–H groups in total. The Kier molecular flexibility index (Phi) is 6.78. The zero-order valence-electron chi connectivity index (χ0n) is 18.3. The van der Waals surface area contributed by atoms with Crippen LogP contribution in [0.3, 0.4) is 0 Å². The van der Waals surface area contributed by atoms with Gasteiger partial charge in [-0.1, -0.05) is 19.8 Å². The second kappa shape index (κ2) is 9.71. The van der Waals surface area contributed by atoms with Gasteiger partial charge in [0.2, 0.25) is 5.91 Å². The van der Waals surface area contributed by atoms with Gasteiger partial charge < -0.3 is 19.9 Å². The van der Waals surface area contributed by atoms with E-state index in [1.54, 1.807) is 0 Å². The van der Waals surface area contributed by atoms with Crippen molar-refractivity contribution in [3.63, 3.8) is 0 Å². The van der Waals surface area contributed by atoms with Crippen molar-refractivity contribution in [2.45, 2.75) is 57.9 Å². The highest BCUT2D eigenvalue weighted by atomic mass is 16.5. The monoisotopic (exact) mass is 427 g/mol. The minimum absolute atomic E-state index is 0.0292. The van der Waals surface area contributed by atoms with Gasteiger partial charge in [0, 0.05) is 43.5 Å². The van der Waals surface area contributed by atoms with Crippen molar-refractivity contribution < 1.29 is 19.1 Å². The number of nitrogens with zero attached hydrogens (tertiary/aromatic N) is 2. The van der Waals surface area contributed by atoms with E-state index in [4.69, 9.17) is 4.74 Å². The van der Waals surface area contributed by atoms with Crippen molar-refractivity contribution in [2.24, 2.45) is 11.8 Å². The van der Waals surface area contributed by atoms with Gasteiger partial charge in [0.05, 0.1) is 5.92 Å². The predicted molar refractivity (Wildman–Crippen MR) is 119 cm³/mol. The van der Waals surface area contributed by atoms with Gasteiger partial charge in [-0.2, -0.15) is 0 Å². The maximum atomic E-state index is 12.4. The molecule has 1 atom stereocenters.